The molecule has 2 saturated carbocycles. The number of rotatable bonds is 4. The van der Waals surface area contributed by atoms with Crippen LogP contribution in [-0.2, 0) is 4.79 Å². The zero-order chi connectivity index (χ0) is 11.6. The summed E-state index contributed by atoms with van der Waals surface area (Å²) >= 11 is 0. The third kappa shape index (κ3) is 2.38. The van der Waals surface area contributed by atoms with Gasteiger partial charge in [-0.2, -0.15) is 0 Å². The number of hydrogen-bond acceptors (Lipinski definition) is 3. The lowest BCUT2D eigenvalue weighted by atomic mass is 9.77. The lowest BCUT2D eigenvalue weighted by Crippen LogP contribution is -2.57. The number of aliphatic hydroxyl groups excluding tert-OH is 1. The van der Waals surface area contributed by atoms with Crippen molar-refractivity contribution in [2.45, 2.75) is 62.4 Å². The highest BCUT2D eigenvalue weighted by Crippen LogP contribution is 2.33. The molecule has 16 heavy (non-hydrogen) atoms. The van der Waals surface area contributed by atoms with E-state index in [1.54, 1.807) is 0 Å². The average Bonchev–Trinajstić information content (AvgIpc) is 2.58. The molecule has 0 saturated heterocycles. The fourth-order valence-electron chi connectivity index (χ4n) is 2.84. The Kier molecular flexibility index (Phi) is 3.22. The molecule has 0 bridgehead atoms. The molecule has 4 heteroatoms. The van der Waals surface area contributed by atoms with Crippen LogP contribution in [-0.4, -0.2) is 28.7 Å². The number of nitrogens with one attached hydrogen (secondary N) is 1. The standard InChI is InChI=1S/C12H22N2O2/c13-11(4-1-2-5-11)8-10(16)14-12(9-15)6-3-7-12/h15H,1-9,13H2,(H,14,16). The largest absolute Gasteiger partial charge is 0.394 e. The predicted molar refractivity (Wildman–Crippen MR) is 61.8 cm³/mol. The van der Waals surface area contributed by atoms with Gasteiger partial charge in [-0.15, -0.1) is 0 Å². The molecular weight excluding hydrogens is 204 g/mol. The maximum absolute atomic E-state index is 11.9. The van der Waals surface area contributed by atoms with Gasteiger partial charge in [0.05, 0.1) is 12.1 Å². The van der Waals surface area contributed by atoms with Crippen LogP contribution in [0.2, 0.25) is 0 Å². The average molecular weight is 226 g/mol. The van der Waals surface area contributed by atoms with E-state index < -0.39 is 0 Å². The summed E-state index contributed by atoms with van der Waals surface area (Å²) < 4.78 is 0. The van der Waals surface area contributed by atoms with Crippen molar-refractivity contribution in [1.82, 2.24) is 5.32 Å². The second kappa shape index (κ2) is 4.34. The first-order valence-electron chi connectivity index (χ1n) is 6.28. The van der Waals surface area contributed by atoms with Gasteiger partial charge in [-0.05, 0) is 32.1 Å². The van der Waals surface area contributed by atoms with Crippen LogP contribution < -0.4 is 11.1 Å². The molecule has 92 valence electrons. The third-order valence-corrected chi connectivity index (χ3v) is 4.13. The van der Waals surface area contributed by atoms with Crippen molar-refractivity contribution in [2.75, 3.05) is 6.61 Å². The molecule has 0 aromatic heterocycles. The van der Waals surface area contributed by atoms with Crippen LogP contribution in [0.1, 0.15) is 51.4 Å². The van der Waals surface area contributed by atoms with E-state index in [4.69, 9.17) is 5.73 Å². The number of nitrogens with two attached hydrogens (primary N) is 1. The number of carbonyl (C=O) groups excluding carboxylic acids is 1. The molecule has 2 rings (SSSR count). The van der Waals surface area contributed by atoms with Crippen LogP contribution in [0.5, 0.6) is 0 Å². The van der Waals surface area contributed by atoms with Gasteiger partial charge in [-0.3, -0.25) is 4.79 Å². The minimum atomic E-state index is -0.327. The summed E-state index contributed by atoms with van der Waals surface area (Å²) in [4.78, 5) is 11.9. The Balaban J connectivity index is 1.84. The Bertz CT molecular complexity index is 257. The molecule has 0 spiro atoms. The quantitative estimate of drug-likeness (QED) is 0.660. The second-order valence-corrected chi connectivity index (χ2v) is 5.59. The summed E-state index contributed by atoms with van der Waals surface area (Å²) in [6, 6.07) is 0. The van der Waals surface area contributed by atoms with Gasteiger partial charge in [0.1, 0.15) is 0 Å². The van der Waals surface area contributed by atoms with E-state index in [9.17, 15) is 9.90 Å². The summed E-state index contributed by atoms with van der Waals surface area (Å²) in [5.41, 5.74) is 5.54. The van der Waals surface area contributed by atoms with Gasteiger partial charge >= 0.3 is 0 Å². The van der Waals surface area contributed by atoms with E-state index >= 15 is 0 Å². The van der Waals surface area contributed by atoms with E-state index in [1.165, 1.54) is 0 Å². The Morgan fingerprint density at radius 2 is 1.81 bits per heavy atom. The molecule has 4 nitrogen and oxygen atoms in total. The molecule has 0 aliphatic heterocycles. The zero-order valence-corrected chi connectivity index (χ0v) is 9.80. The van der Waals surface area contributed by atoms with E-state index in [2.05, 4.69) is 5.32 Å². The number of aliphatic hydroxyl groups is 1. The lowest BCUT2D eigenvalue weighted by molar-refractivity contribution is -0.126. The summed E-state index contributed by atoms with van der Waals surface area (Å²) in [5, 5.41) is 12.2. The van der Waals surface area contributed by atoms with Crippen molar-refractivity contribution in [3.05, 3.63) is 0 Å². The molecular formula is C12H22N2O2. The monoisotopic (exact) mass is 226 g/mol. The van der Waals surface area contributed by atoms with Crippen LogP contribution in [0.4, 0.5) is 0 Å². The molecule has 0 aromatic carbocycles. The van der Waals surface area contributed by atoms with Crippen molar-refractivity contribution in [2.24, 2.45) is 5.73 Å². The van der Waals surface area contributed by atoms with Crippen molar-refractivity contribution in [3.63, 3.8) is 0 Å². The Hall–Kier alpha value is -0.610. The van der Waals surface area contributed by atoms with Crippen molar-refractivity contribution in [1.29, 1.82) is 0 Å². The highest BCUT2D eigenvalue weighted by Gasteiger charge is 2.39. The molecule has 0 unspecified atom stereocenters. The molecule has 2 fully saturated rings. The van der Waals surface area contributed by atoms with Gasteiger partial charge < -0.3 is 16.2 Å². The predicted octanol–water partition coefficient (Wildman–Crippen LogP) is 0.679. The minimum Gasteiger partial charge on any atom is -0.394 e. The maximum Gasteiger partial charge on any atom is 0.222 e. The summed E-state index contributed by atoms with van der Waals surface area (Å²) in [5.74, 6) is 0.0122. The molecule has 0 heterocycles. The molecule has 0 radical (unpaired) electrons. The number of amides is 1. The highest BCUT2D eigenvalue weighted by molar-refractivity contribution is 5.78. The zero-order valence-electron chi connectivity index (χ0n) is 9.80. The van der Waals surface area contributed by atoms with Crippen LogP contribution >= 0.6 is 0 Å². The summed E-state index contributed by atoms with van der Waals surface area (Å²) in [6.45, 7) is 0.0519. The van der Waals surface area contributed by atoms with E-state index in [0.29, 0.717) is 6.42 Å². The third-order valence-electron chi connectivity index (χ3n) is 4.13. The van der Waals surface area contributed by atoms with E-state index in [-0.39, 0.29) is 23.6 Å². The van der Waals surface area contributed by atoms with Crippen molar-refractivity contribution in [3.8, 4) is 0 Å². The van der Waals surface area contributed by atoms with Gasteiger partial charge in [0, 0.05) is 12.0 Å². The number of hydrogen-bond donors (Lipinski definition) is 3. The molecule has 0 aromatic rings. The first-order valence-corrected chi connectivity index (χ1v) is 6.28. The first-order chi connectivity index (χ1) is 7.58. The first kappa shape index (κ1) is 11.9. The van der Waals surface area contributed by atoms with Crippen LogP contribution in [0, 0.1) is 0 Å². The van der Waals surface area contributed by atoms with Crippen molar-refractivity contribution < 1.29 is 9.90 Å². The smallest absolute Gasteiger partial charge is 0.222 e. The number of carbonyl (C=O) groups is 1. The Labute approximate surface area is 96.6 Å². The Morgan fingerprint density at radius 1 is 1.19 bits per heavy atom. The molecule has 0 atom stereocenters. The van der Waals surface area contributed by atoms with Crippen LogP contribution in [0.3, 0.4) is 0 Å². The van der Waals surface area contributed by atoms with Crippen molar-refractivity contribution >= 4 is 5.91 Å². The topological polar surface area (TPSA) is 75.4 Å². The van der Waals surface area contributed by atoms with Gasteiger partial charge in [0.15, 0.2) is 0 Å². The maximum atomic E-state index is 11.9. The van der Waals surface area contributed by atoms with Gasteiger partial charge in [0.25, 0.3) is 0 Å². The fourth-order valence-corrected chi connectivity index (χ4v) is 2.84. The van der Waals surface area contributed by atoms with E-state index in [1.807, 2.05) is 0 Å². The summed E-state index contributed by atoms with van der Waals surface area (Å²) in [6.07, 6.45) is 7.46. The SMILES string of the molecule is NC1(CC(=O)NC2(CO)CCC2)CCCC1. The van der Waals surface area contributed by atoms with Crippen LogP contribution in [0.25, 0.3) is 0 Å². The van der Waals surface area contributed by atoms with Crippen LogP contribution in [0.15, 0.2) is 0 Å². The van der Waals surface area contributed by atoms with E-state index in [0.717, 1.165) is 44.9 Å². The fraction of sp³-hybridized carbons (Fsp3) is 0.917. The van der Waals surface area contributed by atoms with Gasteiger partial charge in [-0.25, -0.2) is 0 Å². The molecule has 2 aliphatic carbocycles. The van der Waals surface area contributed by atoms with Gasteiger partial charge in [0.2, 0.25) is 5.91 Å². The highest BCUT2D eigenvalue weighted by atomic mass is 16.3. The lowest BCUT2D eigenvalue weighted by Gasteiger charge is -2.41. The minimum absolute atomic E-state index is 0.0122. The second-order valence-electron chi connectivity index (χ2n) is 5.59. The molecule has 4 N–H and O–H groups in total. The molecule has 1 amide bonds. The summed E-state index contributed by atoms with van der Waals surface area (Å²) in [7, 11) is 0. The van der Waals surface area contributed by atoms with Gasteiger partial charge in [-0.1, -0.05) is 12.8 Å². The molecule has 2 aliphatic rings. The normalized spacial score (nSPS) is 26.1. The Morgan fingerprint density at radius 3 is 2.25 bits per heavy atom.